The number of rotatable bonds is 33. The van der Waals surface area contributed by atoms with E-state index in [0.717, 1.165) is 218 Å². The number of carbonyl (C=O) groups is 10. The first-order valence-corrected chi connectivity index (χ1v) is 51.6. The Morgan fingerprint density at radius 3 is 0.874 bits per heavy atom. The Morgan fingerprint density at radius 2 is 0.615 bits per heavy atom. The number of benzene rings is 5. The molecular weight excluding hydrogens is 1810 g/mol. The summed E-state index contributed by atoms with van der Waals surface area (Å²) >= 11 is 0. The number of carbonyl (C=O) groups excluding carboxylic acids is 10. The van der Waals surface area contributed by atoms with Gasteiger partial charge in [-0.05, 0) is 191 Å². The third-order valence-corrected chi connectivity index (χ3v) is 28.7. The number of Topliss-reactive ketones (excluding diaryl/α,β-unsaturated/α-hetero) is 3. The number of nitrogens with zero attached hydrogens (tertiary/aromatic N) is 16. The topological polar surface area (TPSA) is 361 Å². The maximum Gasteiger partial charge on any atom is 0.253 e. The van der Waals surface area contributed by atoms with E-state index >= 15 is 0 Å². The van der Waals surface area contributed by atoms with E-state index in [1.807, 2.05) is 147 Å². The molecule has 11 aliphatic rings. The molecule has 0 bridgehead atoms. The maximum absolute atomic E-state index is 12.5. The number of aromatic nitrogens is 10. The smallest absolute Gasteiger partial charge is 0.253 e. The fraction of sp³-hybridized carbons (Fsp3) is 0.500. The minimum absolute atomic E-state index is 0.0345. The highest BCUT2D eigenvalue weighted by Crippen LogP contribution is 2.43. The number of methoxy groups -OCH3 is 1. The number of anilines is 10. The van der Waals surface area contributed by atoms with Gasteiger partial charge < -0.3 is 66.0 Å². The molecule has 0 unspecified atom stereocenters. The first-order chi connectivity index (χ1) is 69.0. The van der Waals surface area contributed by atoms with Crippen molar-refractivity contribution in [3.63, 3.8) is 0 Å². The number of ketones is 3. The summed E-state index contributed by atoms with van der Waals surface area (Å²) in [4.78, 5) is 132. The van der Waals surface area contributed by atoms with Crippen LogP contribution in [-0.4, -0.2) is 204 Å². The van der Waals surface area contributed by atoms with Gasteiger partial charge in [0.05, 0.1) is 39.3 Å². The Kier molecular flexibility index (Phi) is 32.0. The van der Waals surface area contributed by atoms with Gasteiger partial charge in [-0.3, -0.25) is 71.4 Å². The van der Waals surface area contributed by atoms with Crippen LogP contribution in [0.1, 0.15) is 260 Å². The molecule has 0 saturated heterocycles. The standard InChI is InChI=1S/C23H28N4O2.C23H30N4O2.C22H29N5O3.C21H27N5O2.C21H26N4O2/c1-15(28)26-10-9-21-20(14-26)23(25-27(21)13-17-7-8-17)24-19-4-2-3-18(12-19)22(29)11-16-5-6-16;1-15(2)11-22(29)18-5-4-6-19(12-18)24-23-20-14-26(16(3)28)10-9-21(20)27(25-23)13-17-7-8-17;1-15(28)26-10-8-20-19(14-26)21(25-27(20)13-16-6-7-16)24-18-5-3-4-17(12-18)22(29)23-9-11-30-2;1-14(27)25-10-9-19-18(13-25)20(23-26(19)12-15-7-8-15)22-17-6-4-5-16(11-17)21(28)24(2)3;1-3-20(27)16-5-4-6-17(11-16)22-21-18-13-24(14(2)26)10-9-19(18)25(23-21)12-15-7-8-15/h2-4,12,16-17H,5-11,13-14H2,1H3,(H,24,25);4-6,12,15,17H,7-11,13-14H2,1-3H3,(H,24,25);3-5,12,16H,6-11,13-14H2,1-2H3,(H,23,29)(H,24,25);4-6,11,15H,7-10,12-13H2,1-3H3,(H,22,23);4-6,11,15H,3,7-10,12-13H2,1-2H3,(H,22,23). The van der Waals surface area contributed by atoms with Crippen LogP contribution in [0.4, 0.5) is 57.5 Å². The van der Waals surface area contributed by atoms with Crippen molar-refractivity contribution in [3.8, 4) is 0 Å². The zero-order chi connectivity index (χ0) is 100. The molecule has 10 aromatic rings. The van der Waals surface area contributed by atoms with Crippen molar-refractivity contribution in [2.75, 3.05) is 93.7 Å². The lowest BCUT2D eigenvalue weighted by Crippen LogP contribution is -2.34. The summed E-state index contributed by atoms with van der Waals surface area (Å²) in [6.07, 6.45) is 20.9. The second-order valence-corrected chi connectivity index (χ2v) is 41.3. The Labute approximate surface area is 837 Å². The molecule has 5 aliphatic heterocycles. The van der Waals surface area contributed by atoms with Crippen molar-refractivity contribution in [3.05, 3.63) is 205 Å². The van der Waals surface area contributed by atoms with Crippen LogP contribution in [0.15, 0.2) is 121 Å². The summed E-state index contributed by atoms with van der Waals surface area (Å²) in [5, 5.41) is 44.2. The summed E-state index contributed by atoms with van der Waals surface area (Å²) < 4.78 is 15.6. The molecular formula is C110H140N22O11. The third-order valence-electron chi connectivity index (χ3n) is 28.7. The molecule has 0 radical (unpaired) electrons. The quantitative estimate of drug-likeness (QED) is 0.0164. The predicted molar refractivity (Wildman–Crippen MR) is 550 cm³/mol. The summed E-state index contributed by atoms with van der Waals surface area (Å²) in [6, 6.07) is 37.8. The number of ether oxygens (including phenoxy) is 1. The largest absolute Gasteiger partial charge is 0.383 e. The fourth-order valence-corrected chi connectivity index (χ4v) is 19.3. The van der Waals surface area contributed by atoms with E-state index in [2.05, 4.69) is 69.2 Å². The Hall–Kier alpha value is -13.6. The predicted octanol–water partition coefficient (Wildman–Crippen LogP) is 16.6. The summed E-state index contributed by atoms with van der Waals surface area (Å²) in [5.74, 6) is 9.34. The van der Waals surface area contributed by atoms with Crippen molar-refractivity contribution in [1.29, 1.82) is 0 Å². The molecule has 10 heterocycles. The zero-order valence-corrected chi connectivity index (χ0v) is 84.9. The van der Waals surface area contributed by atoms with Gasteiger partial charge in [0.2, 0.25) is 29.5 Å². The molecule has 33 heteroatoms. The van der Waals surface area contributed by atoms with Crippen LogP contribution < -0.4 is 31.9 Å². The highest BCUT2D eigenvalue weighted by molar-refractivity contribution is 5.99. The van der Waals surface area contributed by atoms with E-state index in [1.165, 1.54) is 106 Å². The normalized spacial score (nSPS) is 16.4. The number of hydrogen-bond donors (Lipinski definition) is 6. The second kappa shape index (κ2) is 45.3. The van der Waals surface area contributed by atoms with E-state index in [0.29, 0.717) is 99.6 Å². The number of nitrogens with one attached hydrogen (secondary N) is 6. The maximum atomic E-state index is 12.5. The van der Waals surface area contributed by atoms with Crippen LogP contribution in [0.25, 0.3) is 0 Å². The lowest BCUT2D eigenvalue weighted by Gasteiger charge is -2.26. The van der Waals surface area contributed by atoms with Crippen LogP contribution in [0.2, 0.25) is 0 Å². The Morgan fingerprint density at radius 1 is 0.357 bits per heavy atom. The van der Waals surface area contributed by atoms with Crippen molar-refractivity contribution in [2.45, 2.75) is 249 Å². The average Bonchev–Trinajstić information content (AvgIpc) is 1.64. The molecule has 7 amide bonds. The molecule has 21 rings (SSSR count). The lowest BCUT2D eigenvalue weighted by molar-refractivity contribution is -0.130. The van der Waals surface area contributed by atoms with Crippen molar-refractivity contribution >= 4 is 116 Å². The highest BCUT2D eigenvalue weighted by atomic mass is 16.5. The monoisotopic (exact) mass is 1950 g/mol. The molecule has 6 N–H and O–H groups in total. The van der Waals surface area contributed by atoms with Gasteiger partial charge in [0.25, 0.3) is 11.8 Å². The van der Waals surface area contributed by atoms with Crippen LogP contribution in [0, 0.1) is 41.4 Å². The molecule has 6 saturated carbocycles. The first-order valence-electron chi connectivity index (χ1n) is 51.6. The van der Waals surface area contributed by atoms with E-state index in [9.17, 15) is 47.9 Å². The number of fused-ring (bicyclic) bond motifs is 5. The van der Waals surface area contributed by atoms with Gasteiger partial charge in [-0.25, -0.2) is 0 Å². The SMILES string of the molecule is CC(=O)N1CCc2c(c(Nc3cccc(C(=O)CC(C)C)c3)nn2CC2CC2)C1.CC(=O)N1CCc2c(c(Nc3cccc(C(=O)CC4CC4)c3)nn2CC2CC2)C1.CC(=O)N1CCc2c(c(Nc3cccc(C(=O)N(C)C)c3)nn2CC2CC2)C1.CCC(=O)c1cccc(Nc2nn(CC3CC3)c3c2CN(C(C)=O)CC3)c1.COCCNC(=O)c1cccc(Nc2nn(CC3CC3)c3c2CN(C(C)=O)CC3)c1. The molecule has 5 aromatic carbocycles. The van der Waals surface area contributed by atoms with Crippen molar-refractivity contribution < 1.29 is 52.7 Å². The van der Waals surface area contributed by atoms with Crippen LogP contribution in [0.3, 0.4) is 0 Å². The molecule has 756 valence electrons. The van der Waals surface area contributed by atoms with Gasteiger partial charge >= 0.3 is 0 Å². The Bertz CT molecular complexity index is 6220. The van der Waals surface area contributed by atoms with Crippen LogP contribution >= 0.6 is 0 Å². The molecule has 0 spiro atoms. The fourth-order valence-electron chi connectivity index (χ4n) is 19.3. The molecule has 143 heavy (non-hydrogen) atoms. The van der Waals surface area contributed by atoms with Crippen LogP contribution in [-0.2, 0) is 126 Å². The van der Waals surface area contributed by atoms with E-state index < -0.39 is 0 Å². The zero-order valence-electron chi connectivity index (χ0n) is 84.9. The van der Waals surface area contributed by atoms with Gasteiger partial charge in [-0.2, -0.15) is 25.5 Å². The van der Waals surface area contributed by atoms with E-state index in [-0.39, 0.29) is 58.7 Å². The molecule has 0 atom stereocenters. The summed E-state index contributed by atoms with van der Waals surface area (Å²) in [5.41, 5.74) is 19.3. The molecule has 6 aliphatic carbocycles. The highest BCUT2D eigenvalue weighted by Gasteiger charge is 2.38. The van der Waals surface area contributed by atoms with Crippen molar-refractivity contribution in [2.24, 2.45) is 41.4 Å². The minimum atomic E-state index is -0.139. The van der Waals surface area contributed by atoms with Gasteiger partial charge in [0.15, 0.2) is 46.4 Å². The minimum Gasteiger partial charge on any atom is -0.383 e. The number of hydrogen-bond acceptors (Lipinski definition) is 21. The van der Waals surface area contributed by atoms with E-state index in [4.69, 9.17) is 30.2 Å². The molecule has 33 nitrogen and oxygen atoms in total. The Balaban J connectivity index is 0.000000123. The van der Waals surface area contributed by atoms with Gasteiger partial charge in [-0.1, -0.05) is 69.3 Å². The van der Waals surface area contributed by atoms with Crippen LogP contribution in [0.5, 0.6) is 0 Å². The van der Waals surface area contributed by atoms with Crippen molar-refractivity contribution in [1.82, 2.24) is 83.6 Å². The summed E-state index contributed by atoms with van der Waals surface area (Å²) in [6.45, 7) is 26.4. The molecule has 6 fully saturated rings. The number of amides is 7. The van der Waals surface area contributed by atoms with Gasteiger partial charge in [0.1, 0.15) is 0 Å². The lowest BCUT2D eigenvalue weighted by atomic mass is 10.0. The van der Waals surface area contributed by atoms with Gasteiger partial charge in [0, 0.05) is 292 Å². The van der Waals surface area contributed by atoms with E-state index in [1.54, 1.807) is 66.8 Å². The summed E-state index contributed by atoms with van der Waals surface area (Å²) in [7, 11) is 5.09. The first kappa shape index (κ1) is 101. The third kappa shape index (κ3) is 26.5. The average molecular weight is 1950 g/mol. The second-order valence-electron chi connectivity index (χ2n) is 41.3. The van der Waals surface area contributed by atoms with Gasteiger partial charge in [-0.15, -0.1) is 0 Å². The molecule has 5 aromatic heterocycles.